The summed E-state index contributed by atoms with van der Waals surface area (Å²) < 4.78 is 50.9. The van der Waals surface area contributed by atoms with Crippen LogP contribution in [-0.4, -0.2) is 0 Å². The average molecular weight is 234 g/mol. The smallest absolute Gasteiger partial charge is 0.205 e. The molecule has 0 amide bonds. The molecule has 1 aromatic carbocycles. The standard InChI is InChI=1S/C12H14F4/c1-12(2,3)8-6-4-5-7(10(13)14)9(8)11(15)16/h4-6,10-11H,1-3H3. The lowest BCUT2D eigenvalue weighted by molar-refractivity contribution is 0.122. The van der Waals surface area contributed by atoms with Crippen molar-refractivity contribution in [3.8, 4) is 0 Å². The molecule has 0 aliphatic rings. The quantitative estimate of drug-likeness (QED) is 0.641. The van der Waals surface area contributed by atoms with Gasteiger partial charge >= 0.3 is 0 Å². The van der Waals surface area contributed by atoms with Gasteiger partial charge in [0.2, 0.25) is 0 Å². The molecule has 0 N–H and O–H groups in total. The first-order chi connectivity index (χ1) is 7.25. The van der Waals surface area contributed by atoms with Gasteiger partial charge in [-0.2, -0.15) is 0 Å². The first kappa shape index (κ1) is 13.0. The Hall–Kier alpha value is -1.06. The van der Waals surface area contributed by atoms with Gasteiger partial charge in [-0.3, -0.25) is 0 Å². The van der Waals surface area contributed by atoms with E-state index in [2.05, 4.69) is 0 Å². The lowest BCUT2D eigenvalue weighted by atomic mass is 9.82. The fourth-order valence-electron chi connectivity index (χ4n) is 1.67. The molecule has 0 nitrogen and oxygen atoms in total. The molecule has 1 rings (SSSR count). The van der Waals surface area contributed by atoms with Crippen LogP contribution in [0.4, 0.5) is 17.6 Å². The van der Waals surface area contributed by atoms with E-state index in [1.165, 1.54) is 12.1 Å². The van der Waals surface area contributed by atoms with Crippen molar-refractivity contribution in [3.63, 3.8) is 0 Å². The van der Waals surface area contributed by atoms with Crippen molar-refractivity contribution in [3.05, 3.63) is 34.9 Å². The third-order valence-electron chi connectivity index (χ3n) is 2.40. The zero-order chi connectivity index (χ0) is 12.5. The predicted octanol–water partition coefficient (Wildman–Crippen LogP) is 4.86. The molecule has 4 heteroatoms. The van der Waals surface area contributed by atoms with E-state index in [0.29, 0.717) is 0 Å². The topological polar surface area (TPSA) is 0 Å². The van der Waals surface area contributed by atoms with Crippen molar-refractivity contribution < 1.29 is 17.6 Å². The Morgan fingerprint density at radius 2 is 1.50 bits per heavy atom. The molecular weight excluding hydrogens is 220 g/mol. The van der Waals surface area contributed by atoms with Gasteiger partial charge in [-0.15, -0.1) is 0 Å². The number of benzene rings is 1. The summed E-state index contributed by atoms with van der Waals surface area (Å²) >= 11 is 0. The van der Waals surface area contributed by atoms with Crippen LogP contribution in [-0.2, 0) is 5.41 Å². The van der Waals surface area contributed by atoms with E-state index in [1.54, 1.807) is 20.8 Å². The maximum atomic E-state index is 12.8. The Bertz CT molecular complexity index is 364. The van der Waals surface area contributed by atoms with Crippen LogP contribution >= 0.6 is 0 Å². The van der Waals surface area contributed by atoms with Gasteiger partial charge in [0.05, 0.1) is 0 Å². The van der Waals surface area contributed by atoms with Crippen molar-refractivity contribution >= 4 is 0 Å². The van der Waals surface area contributed by atoms with Crippen LogP contribution in [0, 0.1) is 0 Å². The van der Waals surface area contributed by atoms with Crippen molar-refractivity contribution in [1.82, 2.24) is 0 Å². The highest BCUT2D eigenvalue weighted by Crippen LogP contribution is 2.37. The highest BCUT2D eigenvalue weighted by atomic mass is 19.3. The Morgan fingerprint density at radius 3 is 1.88 bits per heavy atom. The van der Waals surface area contributed by atoms with Gasteiger partial charge in [-0.05, 0) is 11.0 Å². The number of hydrogen-bond donors (Lipinski definition) is 0. The van der Waals surface area contributed by atoms with E-state index in [0.717, 1.165) is 6.07 Å². The third kappa shape index (κ3) is 2.54. The molecule has 0 aliphatic heterocycles. The van der Waals surface area contributed by atoms with E-state index < -0.39 is 29.4 Å². The van der Waals surface area contributed by atoms with E-state index >= 15 is 0 Å². The number of alkyl halides is 4. The number of halogens is 4. The van der Waals surface area contributed by atoms with Gasteiger partial charge in [0.1, 0.15) is 0 Å². The zero-order valence-corrected chi connectivity index (χ0v) is 9.40. The maximum Gasteiger partial charge on any atom is 0.264 e. The van der Waals surface area contributed by atoms with E-state index in [4.69, 9.17) is 0 Å². The Kier molecular flexibility index (Phi) is 3.61. The second-order valence-corrected chi connectivity index (χ2v) is 4.66. The Morgan fingerprint density at radius 1 is 0.938 bits per heavy atom. The molecule has 0 atom stereocenters. The predicted molar refractivity (Wildman–Crippen MR) is 55.1 cm³/mol. The minimum Gasteiger partial charge on any atom is -0.205 e. The summed E-state index contributed by atoms with van der Waals surface area (Å²) in [6, 6.07) is 3.93. The first-order valence-corrected chi connectivity index (χ1v) is 4.94. The minimum absolute atomic E-state index is 0.278. The molecule has 0 bridgehead atoms. The highest BCUT2D eigenvalue weighted by molar-refractivity contribution is 5.40. The van der Waals surface area contributed by atoms with Gasteiger partial charge in [0, 0.05) is 11.1 Å². The molecular formula is C12H14F4. The third-order valence-corrected chi connectivity index (χ3v) is 2.40. The summed E-state index contributed by atoms with van der Waals surface area (Å²) in [6.07, 6.45) is -5.74. The first-order valence-electron chi connectivity index (χ1n) is 4.94. The molecule has 16 heavy (non-hydrogen) atoms. The lowest BCUT2D eigenvalue weighted by Crippen LogP contribution is -2.16. The van der Waals surface area contributed by atoms with Crippen LogP contribution in [0.15, 0.2) is 18.2 Å². The fraction of sp³-hybridized carbons (Fsp3) is 0.500. The van der Waals surface area contributed by atoms with E-state index in [-0.39, 0.29) is 5.56 Å². The maximum absolute atomic E-state index is 12.8. The largest absolute Gasteiger partial charge is 0.264 e. The van der Waals surface area contributed by atoms with E-state index in [1.807, 2.05) is 0 Å². The average Bonchev–Trinajstić information content (AvgIpc) is 2.14. The molecule has 0 saturated carbocycles. The number of rotatable bonds is 2. The molecule has 90 valence electrons. The van der Waals surface area contributed by atoms with Crippen molar-refractivity contribution in [2.75, 3.05) is 0 Å². The van der Waals surface area contributed by atoms with Gasteiger partial charge in [0.25, 0.3) is 12.9 Å². The highest BCUT2D eigenvalue weighted by Gasteiger charge is 2.27. The molecule has 0 radical (unpaired) electrons. The lowest BCUT2D eigenvalue weighted by Gasteiger charge is -2.24. The molecule has 1 aromatic rings. The van der Waals surface area contributed by atoms with Gasteiger partial charge in [-0.25, -0.2) is 17.6 Å². The SMILES string of the molecule is CC(C)(C)c1cccc(C(F)F)c1C(F)F. The van der Waals surface area contributed by atoms with Crippen LogP contribution in [0.25, 0.3) is 0 Å². The summed E-state index contributed by atoms with van der Waals surface area (Å²) in [4.78, 5) is 0. The summed E-state index contributed by atoms with van der Waals surface area (Å²) in [7, 11) is 0. The summed E-state index contributed by atoms with van der Waals surface area (Å²) in [5.41, 5.74) is -1.39. The summed E-state index contributed by atoms with van der Waals surface area (Å²) in [5.74, 6) is 0. The van der Waals surface area contributed by atoms with E-state index in [9.17, 15) is 17.6 Å². The molecule has 0 heterocycles. The van der Waals surface area contributed by atoms with Gasteiger partial charge in [0.15, 0.2) is 0 Å². The second-order valence-electron chi connectivity index (χ2n) is 4.66. The second kappa shape index (κ2) is 4.44. The Labute approximate surface area is 92.3 Å². The van der Waals surface area contributed by atoms with Crippen molar-refractivity contribution in [2.24, 2.45) is 0 Å². The van der Waals surface area contributed by atoms with Crippen LogP contribution < -0.4 is 0 Å². The van der Waals surface area contributed by atoms with Crippen LogP contribution in [0.1, 0.15) is 50.3 Å². The normalized spacial score (nSPS) is 12.6. The number of hydrogen-bond acceptors (Lipinski definition) is 0. The zero-order valence-electron chi connectivity index (χ0n) is 9.40. The van der Waals surface area contributed by atoms with Crippen molar-refractivity contribution in [2.45, 2.75) is 39.0 Å². The molecule has 0 unspecified atom stereocenters. The monoisotopic (exact) mass is 234 g/mol. The van der Waals surface area contributed by atoms with Crippen LogP contribution in [0.3, 0.4) is 0 Å². The minimum atomic E-state index is -2.88. The molecule has 0 aromatic heterocycles. The fourth-order valence-corrected chi connectivity index (χ4v) is 1.67. The summed E-state index contributed by atoms with van der Waals surface area (Å²) in [6.45, 7) is 5.18. The molecule has 0 fully saturated rings. The molecule has 0 aliphatic carbocycles. The Balaban J connectivity index is 3.45. The van der Waals surface area contributed by atoms with Crippen LogP contribution in [0.5, 0.6) is 0 Å². The van der Waals surface area contributed by atoms with Crippen LogP contribution in [0.2, 0.25) is 0 Å². The summed E-state index contributed by atoms with van der Waals surface area (Å²) in [5, 5.41) is 0. The molecule has 0 spiro atoms. The molecule has 0 saturated heterocycles. The van der Waals surface area contributed by atoms with Gasteiger partial charge < -0.3 is 0 Å². The van der Waals surface area contributed by atoms with Crippen molar-refractivity contribution in [1.29, 1.82) is 0 Å². The van der Waals surface area contributed by atoms with Gasteiger partial charge in [-0.1, -0.05) is 39.0 Å².